The number of rotatable bonds is 15. The first-order valence-electron chi connectivity index (χ1n) is 12.5. The van der Waals surface area contributed by atoms with Gasteiger partial charge in [0.2, 0.25) is 21.8 Å². The minimum absolute atomic E-state index is 0.182. The fourth-order valence-corrected chi connectivity index (χ4v) is 4.83. The molecule has 1 N–H and O–H groups in total. The van der Waals surface area contributed by atoms with Gasteiger partial charge < -0.3 is 19.7 Å². The number of nitrogens with zero attached hydrogens (tertiary/aromatic N) is 2. The highest BCUT2D eigenvalue weighted by molar-refractivity contribution is 7.92. The van der Waals surface area contributed by atoms with Crippen molar-refractivity contribution in [1.82, 2.24) is 10.2 Å². The number of methoxy groups -OCH3 is 2. The first-order chi connectivity index (χ1) is 17.7. The zero-order valence-electron chi connectivity index (χ0n) is 22.4. The van der Waals surface area contributed by atoms with Crippen molar-refractivity contribution in [3.05, 3.63) is 54.1 Å². The highest BCUT2D eigenvalue weighted by Gasteiger charge is 2.32. The molecule has 0 fully saturated rings. The Bertz CT molecular complexity index is 1120. The molecule has 0 saturated heterocycles. The van der Waals surface area contributed by atoms with Gasteiger partial charge in [-0.1, -0.05) is 50.6 Å². The third kappa shape index (κ3) is 8.66. The molecule has 2 aromatic rings. The fourth-order valence-electron chi connectivity index (χ4n) is 3.99. The van der Waals surface area contributed by atoms with Crippen LogP contribution >= 0.6 is 0 Å². The lowest BCUT2D eigenvalue weighted by Gasteiger charge is -2.33. The van der Waals surface area contributed by atoms with Crippen molar-refractivity contribution >= 4 is 27.5 Å². The van der Waals surface area contributed by atoms with E-state index in [4.69, 9.17) is 9.47 Å². The van der Waals surface area contributed by atoms with Crippen molar-refractivity contribution in [1.29, 1.82) is 0 Å². The van der Waals surface area contributed by atoms with Crippen molar-refractivity contribution in [3.8, 4) is 11.5 Å². The predicted octanol–water partition coefficient (Wildman–Crippen LogP) is 3.24. The van der Waals surface area contributed by atoms with Crippen molar-refractivity contribution in [3.63, 3.8) is 0 Å². The van der Waals surface area contributed by atoms with Crippen molar-refractivity contribution in [2.24, 2.45) is 0 Å². The molecule has 0 aliphatic carbocycles. The molecule has 2 rings (SSSR count). The van der Waals surface area contributed by atoms with E-state index >= 15 is 0 Å². The molecule has 0 aromatic heterocycles. The van der Waals surface area contributed by atoms with Crippen LogP contribution in [0.1, 0.15) is 38.7 Å². The molecule has 9 nitrogen and oxygen atoms in total. The second-order valence-corrected chi connectivity index (χ2v) is 10.6. The molecule has 0 aliphatic heterocycles. The summed E-state index contributed by atoms with van der Waals surface area (Å²) in [5.74, 6) is -0.0373. The molecule has 0 radical (unpaired) electrons. The van der Waals surface area contributed by atoms with E-state index in [1.807, 2.05) is 44.2 Å². The third-order valence-corrected chi connectivity index (χ3v) is 7.16. The van der Waals surface area contributed by atoms with Crippen LogP contribution in [0.4, 0.5) is 5.69 Å². The molecule has 0 bridgehead atoms. The Labute approximate surface area is 220 Å². The lowest BCUT2D eigenvalue weighted by atomic mass is 10.1. The molecule has 10 heteroatoms. The number of unbranched alkanes of at least 4 members (excludes halogenated alkanes) is 1. The Morgan fingerprint density at radius 2 is 1.73 bits per heavy atom. The molecule has 0 unspecified atom stereocenters. The molecular weight excluding hydrogens is 494 g/mol. The van der Waals surface area contributed by atoms with Gasteiger partial charge in [0.05, 0.1) is 26.2 Å². The molecule has 1 atom stereocenters. The quantitative estimate of drug-likeness (QED) is 0.353. The molecule has 204 valence electrons. The third-order valence-electron chi connectivity index (χ3n) is 6.03. The van der Waals surface area contributed by atoms with Crippen LogP contribution in [0.3, 0.4) is 0 Å². The Morgan fingerprint density at radius 1 is 1.03 bits per heavy atom. The van der Waals surface area contributed by atoms with E-state index in [-0.39, 0.29) is 23.9 Å². The van der Waals surface area contributed by atoms with Crippen LogP contribution in [-0.2, 0) is 26.0 Å². The standard InChI is InChI=1S/C27H39N3O6S/c1-6-8-17-28-27(32)23(7-2)29(18-16-21-12-10-9-11-13-21)26(31)20-30(37(5,33)34)24-19-22(35-3)14-15-25(24)36-4/h9-15,19,23H,6-8,16-18,20H2,1-5H3,(H,28,32)/t23-/m1/s1. The summed E-state index contributed by atoms with van der Waals surface area (Å²) in [5, 5.41) is 2.92. The number of carbonyl (C=O) groups excluding carboxylic acids is 2. The normalized spacial score (nSPS) is 11.9. The topological polar surface area (TPSA) is 105 Å². The molecule has 0 aliphatic rings. The van der Waals surface area contributed by atoms with Gasteiger partial charge in [-0.05, 0) is 37.0 Å². The van der Waals surface area contributed by atoms with Crippen LogP contribution in [0.25, 0.3) is 0 Å². The predicted molar refractivity (Wildman–Crippen MR) is 146 cm³/mol. The summed E-state index contributed by atoms with van der Waals surface area (Å²) in [6, 6.07) is 13.6. The first-order valence-corrected chi connectivity index (χ1v) is 14.3. The van der Waals surface area contributed by atoms with Gasteiger partial charge in [-0.15, -0.1) is 0 Å². The smallest absolute Gasteiger partial charge is 0.244 e. The molecular formula is C27H39N3O6S. The van der Waals surface area contributed by atoms with Gasteiger partial charge in [-0.2, -0.15) is 0 Å². The lowest BCUT2D eigenvalue weighted by molar-refractivity contribution is -0.139. The van der Waals surface area contributed by atoms with E-state index in [9.17, 15) is 18.0 Å². The highest BCUT2D eigenvalue weighted by Crippen LogP contribution is 2.33. The fraction of sp³-hybridized carbons (Fsp3) is 0.481. The molecule has 2 aromatic carbocycles. The van der Waals surface area contributed by atoms with Gasteiger partial charge in [-0.25, -0.2) is 8.42 Å². The Balaban J connectivity index is 2.42. The Morgan fingerprint density at radius 3 is 2.30 bits per heavy atom. The zero-order valence-corrected chi connectivity index (χ0v) is 23.2. The minimum atomic E-state index is -3.89. The average Bonchev–Trinajstić information content (AvgIpc) is 2.89. The van der Waals surface area contributed by atoms with E-state index in [1.165, 1.54) is 25.2 Å². The van der Waals surface area contributed by atoms with Gasteiger partial charge >= 0.3 is 0 Å². The summed E-state index contributed by atoms with van der Waals surface area (Å²) in [6.45, 7) is 4.16. The Hall–Kier alpha value is -3.27. The second-order valence-electron chi connectivity index (χ2n) is 8.70. The summed E-state index contributed by atoms with van der Waals surface area (Å²) in [7, 11) is -1.000. The number of carbonyl (C=O) groups is 2. The maximum atomic E-state index is 13.8. The number of amides is 2. The maximum absolute atomic E-state index is 13.8. The molecule has 0 heterocycles. The summed E-state index contributed by atoms with van der Waals surface area (Å²) in [4.78, 5) is 28.3. The van der Waals surface area contributed by atoms with Gasteiger partial charge in [0, 0.05) is 19.2 Å². The SMILES string of the molecule is CCCCNC(=O)[C@@H](CC)N(CCc1ccccc1)C(=O)CN(c1cc(OC)ccc1OC)S(C)(=O)=O. The summed E-state index contributed by atoms with van der Waals surface area (Å²) in [6.07, 6.45) is 3.70. The van der Waals surface area contributed by atoms with Crippen LogP contribution in [0.15, 0.2) is 48.5 Å². The van der Waals surface area contributed by atoms with Crippen LogP contribution < -0.4 is 19.1 Å². The van der Waals surface area contributed by atoms with Crippen molar-refractivity contribution in [2.75, 3.05) is 44.4 Å². The van der Waals surface area contributed by atoms with E-state index in [0.29, 0.717) is 25.1 Å². The number of hydrogen-bond donors (Lipinski definition) is 1. The van der Waals surface area contributed by atoms with Gasteiger partial charge in [0.15, 0.2) is 0 Å². The van der Waals surface area contributed by atoms with E-state index < -0.39 is 28.5 Å². The number of ether oxygens (including phenoxy) is 2. The molecule has 0 saturated carbocycles. The van der Waals surface area contributed by atoms with Crippen LogP contribution in [0.5, 0.6) is 11.5 Å². The highest BCUT2D eigenvalue weighted by atomic mass is 32.2. The van der Waals surface area contributed by atoms with Crippen LogP contribution in [-0.4, -0.2) is 71.3 Å². The largest absolute Gasteiger partial charge is 0.497 e. The average molecular weight is 534 g/mol. The second kappa shape index (κ2) is 14.5. The minimum Gasteiger partial charge on any atom is -0.497 e. The van der Waals surface area contributed by atoms with E-state index in [0.717, 1.165) is 29.0 Å². The monoisotopic (exact) mass is 533 g/mol. The number of anilines is 1. The number of sulfonamides is 1. The number of hydrogen-bond acceptors (Lipinski definition) is 6. The summed E-state index contributed by atoms with van der Waals surface area (Å²) < 4.78 is 37.4. The maximum Gasteiger partial charge on any atom is 0.244 e. The van der Waals surface area contributed by atoms with Gasteiger partial charge in [-0.3, -0.25) is 13.9 Å². The lowest BCUT2D eigenvalue weighted by Crippen LogP contribution is -2.53. The Kier molecular flexibility index (Phi) is 11.7. The van der Waals surface area contributed by atoms with Crippen molar-refractivity contribution < 1.29 is 27.5 Å². The molecule has 0 spiro atoms. The summed E-state index contributed by atoms with van der Waals surface area (Å²) >= 11 is 0. The van der Waals surface area contributed by atoms with Gasteiger partial charge in [0.1, 0.15) is 24.1 Å². The van der Waals surface area contributed by atoms with Crippen LogP contribution in [0.2, 0.25) is 0 Å². The number of nitrogens with one attached hydrogen (secondary N) is 1. The molecule has 37 heavy (non-hydrogen) atoms. The molecule has 2 amide bonds. The number of benzene rings is 2. The van der Waals surface area contributed by atoms with Crippen LogP contribution in [0, 0.1) is 0 Å². The zero-order chi connectivity index (χ0) is 27.4. The summed E-state index contributed by atoms with van der Waals surface area (Å²) in [5.41, 5.74) is 1.19. The van der Waals surface area contributed by atoms with E-state index in [2.05, 4.69) is 5.32 Å². The van der Waals surface area contributed by atoms with Gasteiger partial charge in [0.25, 0.3) is 0 Å². The van der Waals surface area contributed by atoms with Crippen molar-refractivity contribution in [2.45, 2.75) is 45.6 Å². The first kappa shape index (κ1) is 30.0. The van der Waals surface area contributed by atoms with E-state index in [1.54, 1.807) is 12.1 Å².